The summed E-state index contributed by atoms with van der Waals surface area (Å²) in [6.45, 7) is 1.43. The number of halogens is 1. The monoisotopic (exact) mass is 490 g/mol. The molecule has 0 radical (unpaired) electrons. The molecular formula is C23H23FN2O5S2. The first-order chi connectivity index (χ1) is 15.8. The van der Waals surface area contributed by atoms with Crippen LogP contribution in [0.3, 0.4) is 0 Å². The van der Waals surface area contributed by atoms with Crippen LogP contribution < -0.4 is 4.72 Å². The largest absolute Gasteiger partial charge is 0.508 e. The number of rotatable bonds is 7. The van der Waals surface area contributed by atoms with E-state index in [1.165, 1.54) is 25.3 Å². The molecule has 4 rings (SSSR count). The smallest absolute Gasteiger partial charge is 0.340 e. The number of hydrogen-bond acceptors (Lipinski definition) is 7. The molecule has 0 spiro atoms. The summed E-state index contributed by atoms with van der Waals surface area (Å²) in [7, 11) is -2.83. The summed E-state index contributed by atoms with van der Waals surface area (Å²) in [6.07, 6.45) is 0.475. The van der Waals surface area contributed by atoms with Crippen molar-refractivity contribution in [1.29, 1.82) is 0 Å². The Kier molecular flexibility index (Phi) is 6.80. The number of thiophene rings is 1. The fourth-order valence-electron chi connectivity index (χ4n) is 3.84. The van der Waals surface area contributed by atoms with Gasteiger partial charge in [-0.25, -0.2) is 22.3 Å². The summed E-state index contributed by atoms with van der Waals surface area (Å²) in [4.78, 5) is 15.4. The van der Waals surface area contributed by atoms with E-state index in [9.17, 15) is 22.7 Å². The first kappa shape index (κ1) is 23.4. The van der Waals surface area contributed by atoms with E-state index in [0.717, 1.165) is 21.8 Å². The predicted octanol–water partition coefficient (Wildman–Crippen LogP) is 3.42. The summed E-state index contributed by atoms with van der Waals surface area (Å²) in [5.41, 5.74) is 1.97. The Morgan fingerprint density at radius 2 is 2.03 bits per heavy atom. The number of nitrogens with zero attached hydrogens (tertiary/aromatic N) is 1. The fraction of sp³-hybridized carbons (Fsp3) is 0.261. The Morgan fingerprint density at radius 1 is 1.24 bits per heavy atom. The van der Waals surface area contributed by atoms with E-state index in [4.69, 9.17) is 4.74 Å². The predicted molar refractivity (Wildman–Crippen MR) is 122 cm³/mol. The Morgan fingerprint density at radius 3 is 2.76 bits per heavy atom. The highest BCUT2D eigenvalue weighted by molar-refractivity contribution is 7.91. The van der Waals surface area contributed by atoms with Gasteiger partial charge in [0.2, 0.25) is 0 Å². The second-order valence-corrected chi connectivity index (χ2v) is 10.8. The average molecular weight is 491 g/mol. The van der Waals surface area contributed by atoms with E-state index in [2.05, 4.69) is 9.62 Å². The molecular weight excluding hydrogens is 467 g/mol. The van der Waals surface area contributed by atoms with Crippen LogP contribution in [-0.4, -0.2) is 38.0 Å². The molecule has 0 saturated heterocycles. The Balaban J connectivity index is 1.61. The van der Waals surface area contributed by atoms with E-state index in [-0.39, 0.29) is 22.1 Å². The molecule has 0 atom stereocenters. The van der Waals surface area contributed by atoms with Crippen LogP contribution in [0.1, 0.15) is 31.9 Å². The van der Waals surface area contributed by atoms with Crippen LogP contribution in [0.4, 0.5) is 4.39 Å². The maximum atomic E-state index is 13.4. The van der Waals surface area contributed by atoms with Gasteiger partial charge in [0.25, 0.3) is 10.0 Å². The quantitative estimate of drug-likeness (QED) is 0.493. The number of sulfonamides is 1. The number of methoxy groups -OCH3 is 1. The van der Waals surface area contributed by atoms with E-state index in [1.807, 2.05) is 12.1 Å². The molecule has 3 aromatic rings. The van der Waals surface area contributed by atoms with E-state index in [0.29, 0.717) is 37.2 Å². The molecule has 1 aliphatic rings. The third kappa shape index (κ3) is 5.09. The minimum Gasteiger partial charge on any atom is -0.508 e. The van der Waals surface area contributed by atoms with Gasteiger partial charge in [0.1, 0.15) is 15.8 Å². The first-order valence-corrected chi connectivity index (χ1v) is 12.5. The number of para-hydroxylation sites is 1. The second kappa shape index (κ2) is 9.60. The number of fused-ring (bicyclic) bond motifs is 1. The van der Waals surface area contributed by atoms with Gasteiger partial charge in [-0.3, -0.25) is 4.90 Å². The van der Waals surface area contributed by atoms with Crippen molar-refractivity contribution in [3.8, 4) is 5.75 Å². The number of esters is 1. The van der Waals surface area contributed by atoms with Crippen molar-refractivity contribution < 1.29 is 27.4 Å². The molecule has 0 unspecified atom stereocenters. The second-order valence-electron chi connectivity index (χ2n) is 7.70. The van der Waals surface area contributed by atoms with Gasteiger partial charge in [-0.1, -0.05) is 30.3 Å². The Bertz CT molecular complexity index is 1290. The van der Waals surface area contributed by atoms with E-state index < -0.39 is 21.8 Å². The molecule has 0 amide bonds. The zero-order valence-corrected chi connectivity index (χ0v) is 19.5. The number of benzene rings is 2. The number of phenols is 1. The molecule has 7 nitrogen and oxygen atoms in total. The van der Waals surface area contributed by atoms with Gasteiger partial charge in [0.05, 0.1) is 12.7 Å². The Labute approximate surface area is 195 Å². The molecule has 1 aromatic heterocycles. The van der Waals surface area contributed by atoms with Crippen molar-refractivity contribution in [1.82, 2.24) is 9.62 Å². The standard InChI is InChI=1S/C23H23FN2O5S2/c1-31-22(28)21-18-9-10-26(13-16-6-2-3-8-19(16)27)14-20(18)32-23(21)33(29,30)25-12-15-5-4-7-17(24)11-15/h2-8,11,25,27H,9-10,12-14H2,1H3. The first-order valence-electron chi connectivity index (χ1n) is 10.2. The van der Waals surface area contributed by atoms with Crippen LogP contribution in [-0.2, 0) is 40.8 Å². The summed E-state index contributed by atoms with van der Waals surface area (Å²) >= 11 is 1.04. The van der Waals surface area contributed by atoms with Gasteiger partial charge in [-0.2, -0.15) is 0 Å². The van der Waals surface area contributed by atoms with Gasteiger partial charge >= 0.3 is 5.97 Å². The molecule has 2 N–H and O–H groups in total. The van der Waals surface area contributed by atoms with Crippen molar-refractivity contribution in [3.05, 3.63) is 81.5 Å². The van der Waals surface area contributed by atoms with E-state index in [1.54, 1.807) is 18.2 Å². The summed E-state index contributed by atoms with van der Waals surface area (Å²) in [5.74, 6) is -0.958. The highest BCUT2D eigenvalue weighted by Crippen LogP contribution is 2.37. The van der Waals surface area contributed by atoms with E-state index >= 15 is 0 Å². The molecule has 174 valence electrons. The molecule has 0 fully saturated rings. The lowest BCUT2D eigenvalue weighted by Crippen LogP contribution is -2.30. The molecule has 2 aromatic carbocycles. The number of ether oxygens (including phenoxy) is 1. The number of nitrogens with one attached hydrogen (secondary N) is 1. The van der Waals surface area contributed by atoms with Gasteiger partial charge in [0.15, 0.2) is 0 Å². The van der Waals surface area contributed by atoms with Gasteiger partial charge < -0.3 is 9.84 Å². The number of phenolic OH excluding ortho intramolecular Hbond substituents is 1. The molecule has 2 heterocycles. The van der Waals surface area contributed by atoms with Crippen LogP contribution in [0.15, 0.2) is 52.7 Å². The molecule has 0 bridgehead atoms. The lowest BCUT2D eigenvalue weighted by atomic mass is 10.0. The Hall–Kier alpha value is -2.79. The number of hydrogen-bond donors (Lipinski definition) is 2. The van der Waals surface area contributed by atoms with Crippen molar-refractivity contribution in [2.45, 2.75) is 30.3 Å². The summed E-state index contributed by atoms with van der Waals surface area (Å²) < 4.78 is 46.9. The summed E-state index contributed by atoms with van der Waals surface area (Å²) in [5, 5.41) is 10.1. The topological polar surface area (TPSA) is 95.9 Å². The van der Waals surface area contributed by atoms with Gasteiger partial charge in [-0.15, -0.1) is 11.3 Å². The van der Waals surface area contributed by atoms with Crippen molar-refractivity contribution in [2.75, 3.05) is 13.7 Å². The van der Waals surface area contributed by atoms with Crippen LogP contribution in [0.2, 0.25) is 0 Å². The highest BCUT2D eigenvalue weighted by Gasteiger charge is 2.34. The van der Waals surface area contributed by atoms with Crippen molar-refractivity contribution in [2.24, 2.45) is 0 Å². The molecule has 0 aliphatic carbocycles. The van der Waals surface area contributed by atoms with Crippen LogP contribution >= 0.6 is 11.3 Å². The lowest BCUT2D eigenvalue weighted by Gasteiger charge is -2.27. The third-order valence-electron chi connectivity index (χ3n) is 5.48. The number of carbonyl (C=O) groups excluding carboxylic acids is 1. The maximum absolute atomic E-state index is 13.4. The minimum atomic E-state index is -4.05. The maximum Gasteiger partial charge on any atom is 0.340 e. The zero-order valence-electron chi connectivity index (χ0n) is 17.9. The fourth-order valence-corrected chi connectivity index (χ4v) is 6.83. The number of aromatic hydroxyl groups is 1. The third-order valence-corrected chi connectivity index (χ3v) is 8.61. The highest BCUT2D eigenvalue weighted by atomic mass is 32.2. The SMILES string of the molecule is COC(=O)c1c(S(=O)(=O)NCc2cccc(F)c2)sc2c1CCN(Cc1ccccc1O)C2. The van der Waals surface area contributed by atoms with Crippen molar-refractivity contribution in [3.63, 3.8) is 0 Å². The molecule has 1 aliphatic heterocycles. The molecule has 10 heteroatoms. The average Bonchev–Trinajstić information content (AvgIpc) is 3.19. The van der Waals surface area contributed by atoms with Crippen LogP contribution in [0.5, 0.6) is 5.75 Å². The number of carbonyl (C=O) groups is 1. The summed E-state index contributed by atoms with van der Waals surface area (Å²) in [6, 6.07) is 12.7. The lowest BCUT2D eigenvalue weighted by molar-refractivity contribution is 0.0595. The van der Waals surface area contributed by atoms with Gasteiger partial charge in [0, 0.05) is 36.6 Å². The zero-order chi connectivity index (χ0) is 23.6. The minimum absolute atomic E-state index is 0.0615. The van der Waals surface area contributed by atoms with Gasteiger partial charge in [-0.05, 0) is 35.7 Å². The van der Waals surface area contributed by atoms with Crippen LogP contribution in [0, 0.1) is 5.82 Å². The normalized spacial score (nSPS) is 14.1. The van der Waals surface area contributed by atoms with Crippen LogP contribution in [0.25, 0.3) is 0 Å². The molecule has 33 heavy (non-hydrogen) atoms. The van der Waals surface area contributed by atoms with Crippen molar-refractivity contribution >= 4 is 27.3 Å². The molecule has 0 saturated carbocycles.